The zero-order valence-corrected chi connectivity index (χ0v) is 12.1. The monoisotopic (exact) mass is 294 g/mol. The molecule has 20 heavy (non-hydrogen) atoms. The van der Waals surface area contributed by atoms with Crippen LogP contribution >= 0.6 is 11.3 Å². The van der Waals surface area contributed by atoms with Crippen LogP contribution in [0, 0.1) is 5.82 Å². The molecule has 0 fully saturated rings. The van der Waals surface area contributed by atoms with Crippen molar-refractivity contribution in [2.24, 2.45) is 0 Å². The van der Waals surface area contributed by atoms with Gasteiger partial charge >= 0.3 is 5.97 Å². The van der Waals surface area contributed by atoms with Gasteiger partial charge in [-0.2, -0.15) is 0 Å². The lowest BCUT2D eigenvalue weighted by Crippen LogP contribution is -2.05. The third-order valence-corrected chi connectivity index (χ3v) is 3.89. The van der Waals surface area contributed by atoms with E-state index in [-0.39, 0.29) is 5.69 Å². The molecule has 0 atom stereocenters. The molecular formula is C14H15FN2O2S. The first-order chi connectivity index (χ1) is 9.63. The molecule has 1 aromatic heterocycles. The van der Waals surface area contributed by atoms with Crippen LogP contribution < -0.4 is 5.32 Å². The number of rotatable bonds is 5. The topological polar surface area (TPSA) is 51.2 Å². The van der Waals surface area contributed by atoms with Crippen LogP contribution in [-0.4, -0.2) is 18.1 Å². The van der Waals surface area contributed by atoms with Gasteiger partial charge in [0, 0.05) is 11.1 Å². The molecule has 0 saturated carbocycles. The Kier molecular flexibility index (Phi) is 4.68. The fourth-order valence-corrected chi connectivity index (χ4v) is 2.48. The third kappa shape index (κ3) is 3.33. The minimum Gasteiger partial charge on any atom is -0.465 e. The van der Waals surface area contributed by atoms with Crippen LogP contribution in [0.5, 0.6) is 0 Å². The summed E-state index contributed by atoms with van der Waals surface area (Å²) in [6, 6.07) is 4.09. The second-order valence-electron chi connectivity index (χ2n) is 4.11. The molecule has 0 saturated heterocycles. The Morgan fingerprint density at radius 3 is 2.95 bits per heavy atom. The summed E-state index contributed by atoms with van der Waals surface area (Å²) in [5.74, 6) is -0.892. The first-order valence-electron chi connectivity index (χ1n) is 6.19. The van der Waals surface area contributed by atoms with Crippen molar-refractivity contribution in [3.05, 3.63) is 45.7 Å². The third-order valence-electron chi connectivity index (χ3n) is 2.74. The number of hydrogen-bond acceptors (Lipinski definition) is 5. The maximum atomic E-state index is 13.7. The van der Waals surface area contributed by atoms with Crippen LogP contribution in [-0.2, 0) is 17.7 Å². The van der Waals surface area contributed by atoms with Crippen LogP contribution in [0.2, 0.25) is 0 Å². The summed E-state index contributed by atoms with van der Waals surface area (Å²) >= 11 is 1.59. The molecule has 0 aliphatic heterocycles. The minimum atomic E-state index is -0.487. The van der Waals surface area contributed by atoms with Gasteiger partial charge in [0.25, 0.3) is 0 Å². The molecule has 0 unspecified atom stereocenters. The number of hydrogen-bond donors (Lipinski definition) is 1. The lowest BCUT2D eigenvalue weighted by molar-refractivity contribution is 0.0600. The first kappa shape index (κ1) is 14.5. The summed E-state index contributed by atoms with van der Waals surface area (Å²) in [6.07, 6.45) is 2.66. The van der Waals surface area contributed by atoms with Crippen molar-refractivity contribution < 1.29 is 13.9 Å². The Morgan fingerprint density at radius 2 is 2.30 bits per heavy atom. The summed E-state index contributed by atoms with van der Waals surface area (Å²) in [5.41, 5.74) is 0.592. The molecular weight excluding hydrogens is 279 g/mol. The number of halogens is 1. The van der Waals surface area contributed by atoms with Gasteiger partial charge in [-0.3, -0.25) is 0 Å². The highest BCUT2D eigenvalue weighted by molar-refractivity contribution is 7.11. The van der Waals surface area contributed by atoms with Crippen LogP contribution in [0.4, 0.5) is 10.1 Å². The predicted octanol–water partition coefficient (Wildman–Crippen LogP) is 3.24. The number of methoxy groups -OCH3 is 1. The smallest absolute Gasteiger partial charge is 0.337 e. The van der Waals surface area contributed by atoms with Gasteiger partial charge in [0.1, 0.15) is 5.82 Å². The summed E-state index contributed by atoms with van der Waals surface area (Å²) in [6.45, 7) is 2.51. The quantitative estimate of drug-likeness (QED) is 0.860. The number of thiazole rings is 1. The summed E-state index contributed by atoms with van der Waals surface area (Å²) in [5, 5.41) is 4.02. The molecule has 2 rings (SSSR count). The van der Waals surface area contributed by atoms with Gasteiger partial charge < -0.3 is 10.1 Å². The number of aromatic nitrogens is 1. The zero-order valence-electron chi connectivity index (χ0n) is 11.3. The molecule has 0 aliphatic rings. The Hall–Kier alpha value is -1.95. The highest BCUT2D eigenvalue weighted by Gasteiger charge is 2.10. The number of esters is 1. The number of anilines is 1. The molecule has 0 spiro atoms. The lowest BCUT2D eigenvalue weighted by atomic mass is 10.2. The predicted molar refractivity (Wildman–Crippen MR) is 76.6 cm³/mol. The average molecular weight is 294 g/mol. The van der Waals surface area contributed by atoms with Crippen LogP contribution in [0.15, 0.2) is 24.4 Å². The van der Waals surface area contributed by atoms with E-state index < -0.39 is 11.8 Å². The average Bonchev–Trinajstić information content (AvgIpc) is 2.93. The molecule has 106 valence electrons. The van der Waals surface area contributed by atoms with E-state index in [2.05, 4.69) is 15.0 Å². The van der Waals surface area contributed by atoms with E-state index in [1.807, 2.05) is 6.92 Å². The van der Waals surface area contributed by atoms with E-state index >= 15 is 0 Å². The standard InChI is InChI=1S/C14H15FN2O2S/c1-3-13-17-8-10(20-13)7-16-12-6-9(14(18)19-2)4-5-11(12)15/h4-6,8,16H,3,7H2,1-2H3. The van der Waals surface area contributed by atoms with Gasteiger partial charge in [-0.1, -0.05) is 6.92 Å². The van der Waals surface area contributed by atoms with E-state index in [0.717, 1.165) is 16.3 Å². The lowest BCUT2D eigenvalue weighted by Gasteiger charge is -2.07. The van der Waals surface area contributed by atoms with Gasteiger partial charge in [0.2, 0.25) is 0 Å². The maximum Gasteiger partial charge on any atom is 0.337 e. The molecule has 1 aromatic carbocycles. The number of nitrogens with one attached hydrogen (secondary N) is 1. The summed E-state index contributed by atoms with van der Waals surface area (Å²) in [4.78, 5) is 16.7. The number of ether oxygens (including phenoxy) is 1. The van der Waals surface area contributed by atoms with Crippen molar-refractivity contribution in [3.8, 4) is 0 Å². The van der Waals surface area contributed by atoms with E-state index in [9.17, 15) is 9.18 Å². The van der Waals surface area contributed by atoms with Crippen molar-refractivity contribution >= 4 is 23.0 Å². The highest BCUT2D eigenvalue weighted by atomic mass is 32.1. The Morgan fingerprint density at radius 1 is 1.50 bits per heavy atom. The van der Waals surface area contributed by atoms with Gasteiger partial charge in [0.05, 0.1) is 29.9 Å². The Bertz CT molecular complexity index is 613. The number of aryl methyl sites for hydroxylation is 1. The number of carbonyl (C=O) groups excluding carboxylic acids is 1. The van der Waals surface area contributed by atoms with Gasteiger partial charge in [0.15, 0.2) is 0 Å². The van der Waals surface area contributed by atoms with Gasteiger partial charge in [-0.05, 0) is 24.6 Å². The molecule has 0 amide bonds. The molecule has 0 aliphatic carbocycles. The zero-order chi connectivity index (χ0) is 14.5. The number of nitrogens with zero attached hydrogens (tertiary/aromatic N) is 1. The molecule has 6 heteroatoms. The van der Waals surface area contributed by atoms with Gasteiger partial charge in [-0.25, -0.2) is 14.2 Å². The molecule has 0 bridgehead atoms. The van der Waals surface area contributed by atoms with E-state index in [4.69, 9.17) is 0 Å². The molecule has 4 nitrogen and oxygen atoms in total. The number of benzene rings is 1. The van der Waals surface area contributed by atoms with Crippen molar-refractivity contribution in [1.82, 2.24) is 4.98 Å². The van der Waals surface area contributed by atoms with Crippen molar-refractivity contribution in [2.75, 3.05) is 12.4 Å². The van der Waals surface area contributed by atoms with Crippen molar-refractivity contribution in [2.45, 2.75) is 19.9 Å². The SMILES string of the molecule is CCc1ncc(CNc2cc(C(=O)OC)ccc2F)s1. The number of carbonyl (C=O) groups is 1. The summed E-state index contributed by atoms with van der Waals surface area (Å²) in [7, 11) is 1.29. The van der Waals surface area contributed by atoms with E-state index in [1.54, 1.807) is 17.5 Å². The Labute approximate surface area is 120 Å². The van der Waals surface area contributed by atoms with Gasteiger partial charge in [-0.15, -0.1) is 11.3 Å². The highest BCUT2D eigenvalue weighted by Crippen LogP contribution is 2.20. The fraction of sp³-hybridized carbons (Fsp3) is 0.286. The molecule has 1 N–H and O–H groups in total. The first-order valence-corrected chi connectivity index (χ1v) is 7.01. The largest absolute Gasteiger partial charge is 0.465 e. The van der Waals surface area contributed by atoms with Crippen LogP contribution in [0.25, 0.3) is 0 Å². The second-order valence-corrected chi connectivity index (χ2v) is 5.31. The van der Waals surface area contributed by atoms with Crippen molar-refractivity contribution in [3.63, 3.8) is 0 Å². The fourth-order valence-electron chi connectivity index (χ4n) is 1.68. The maximum absolute atomic E-state index is 13.7. The Balaban J connectivity index is 2.10. The normalized spacial score (nSPS) is 10.3. The summed E-state index contributed by atoms with van der Waals surface area (Å²) < 4.78 is 18.3. The molecule has 2 aromatic rings. The van der Waals surface area contributed by atoms with Crippen molar-refractivity contribution in [1.29, 1.82) is 0 Å². The second kappa shape index (κ2) is 6.47. The van der Waals surface area contributed by atoms with E-state index in [0.29, 0.717) is 12.1 Å². The minimum absolute atomic E-state index is 0.277. The molecule has 0 radical (unpaired) electrons. The molecule has 1 heterocycles. The van der Waals surface area contributed by atoms with E-state index in [1.165, 1.54) is 25.3 Å². The van der Waals surface area contributed by atoms with Crippen LogP contribution in [0.3, 0.4) is 0 Å². The van der Waals surface area contributed by atoms with Crippen LogP contribution in [0.1, 0.15) is 27.2 Å².